The second-order valence-corrected chi connectivity index (χ2v) is 10.8. The van der Waals surface area contributed by atoms with Crippen LogP contribution in [0.2, 0.25) is 0 Å². The molecule has 4 nitrogen and oxygen atoms in total. The first-order valence-electron chi connectivity index (χ1n) is 9.02. The van der Waals surface area contributed by atoms with E-state index in [1.54, 1.807) is 0 Å². The first kappa shape index (κ1) is 20.5. The molecule has 6 heteroatoms. The molecule has 0 aliphatic heterocycles. The Balaban J connectivity index is 2.19. The lowest BCUT2D eigenvalue weighted by molar-refractivity contribution is 0.108. The van der Waals surface area contributed by atoms with Gasteiger partial charge in [-0.2, -0.15) is 0 Å². The molecule has 2 aliphatic rings. The SMILES string of the molecule is CC(C)COP(=O)(OCC(C)C)OC1=C(Br)[C@]2(C(C)C)C[C@@H]2[C@H]1C. The molecule has 0 spiro atoms. The van der Waals surface area contributed by atoms with Gasteiger partial charge in [-0.3, -0.25) is 9.05 Å². The highest BCUT2D eigenvalue weighted by Gasteiger charge is 2.66. The molecular formula is C18H32BrO4P. The normalized spacial score (nSPS) is 29.8. The summed E-state index contributed by atoms with van der Waals surface area (Å²) in [6.07, 6.45) is 1.17. The summed E-state index contributed by atoms with van der Waals surface area (Å²) in [7, 11) is -3.60. The lowest BCUT2D eigenvalue weighted by Gasteiger charge is -2.24. The van der Waals surface area contributed by atoms with Crippen LogP contribution < -0.4 is 0 Å². The molecule has 0 aromatic heterocycles. The summed E-state index contributed by atoms with van der Waals surface area (Å²) in [4.78, 5) is 0. The molecule has 3 atom stereocenters. The van der Waals surface area contributed by atoms with Crippen LogP contribution in [0.3, 0.4) is 0 Å². The fraction of sp³-hybridized carbons (Fsp3) is 0.889. The van der Waals surface area contributed by atoms with E-state index in [1.807, 2.05) is 27.7 Å². The van der Waals surface area contributed by atoms with E-state index < -0.39 is 7.82 Å². The average molecular weight is 423 g/mol. The number of allylic oxidation sites excluding steroid dienone is 2. The summed E-state index contributed by atoms with van der Waals surface area (Å²) in [5.41, 5.74) is 0.148. The molecule has 0 bridgehead atoms. The Kier molecular flexibility index (Phi) is 6.33. The van der Waals surface area contributed by atoms with Crippen LogP contribution in [-0.4, -0.2) is 13.2 Å². The third kappa shape index (κ3) is 3.95. The van der Waals surface area contributed by atoms with E-state index in [1.165, 1.54) is 6.42 Å². The molecule has 1 saturated carbocycles. The van der Waals surface area contributed by atoms with E-state index in [2.05, 4.69) is 36.7 Å². The number of hydrogen-bond acceptors (Lipinski definition) is 4. The molecule has 0 heterocycles. The second kappa shape index (κ2) is 7.42. The Morgan fingerprint density at radius 3 is 2.00 bits per heavy atom. The minimum Gasteiger partial charge on any atom is -0.407 e. The summed E-state index contributed by atoms with van der Waals surface area (Å²) in [5.74, 6) is 2.60. The Bertz CT molecular complexity index is 527. The van der Waals surface area contributed by atoms with E-state index in [-0.39, 0.29) is 23.2 Å². The summed E-state index contributed by atoms with van der Waals surface area (Å²) >= 11 is 3.75. The highest BCUT2D eigenvalue weighted by molar-refractivity contribution is 9.11. The predicted octanol–water partition coefficient (Wildman–Crippen LogP) is 6.37. The van der Waals surface area contributed by atoms with Crippen LogP contribution in [0.5, 0.6) is 0 Å². The molecule has 2 aliphatic carbocycles. The Hall–Kier alpha value is 0.170. The molecule has 24 heavy (non-hydrogen) atoms. The van der Waals surface area contributed by atoms with E-state index in [9.17, 15) is 4.57 Å². The first-order chi connectivity index (χ1) is 11.0. The Labute approximate surface area is 155 Å². The molecule has 140 valence electrons. The van der Waals surface area contributed by atoms with Crippen LogP contribution in [0.15, 0.2) is 10.2 Å². The second-order valence-electron chi connectivity index (χ2n) is 8.39. The molecular weight excluding hydrogens is 391 g/mol. The molecule has 2 rings (SSSR count). The number of rotatable bonds is 9. The molecule has 0 unspecified atom stereocenters. The highest BCUT2D eigenvalue weighted by Crippen LogP contribution is 2.74. The Morgan fingerprint density at radius 1 is 1.12 bits per heavy atom. The smallest absolute Gasteiger partial charge is 0.407 e. The fourth-order valence-corrected chi connectivity index (χ4v) is 6.64. The predicted molar refractivity (Wildman–Crippen MR) is 101 cm³/mol. The van der Waals surface area contributed by atoms with E-state index in [0.717, 1.165) is 10.2 Å². The number of phosphoric ester groups is 1. The summed E-state index contributed by atoms with van der Waals surface area (Å²) in [5, 5.41) is 0. The number of fused-ring (bicyclic) bond motifs is 1. The van der Waals surface area contributed by atoms with Gasteiger partial charge < -0.3 is 4.52 Å². The van der Waals surface area contributed by atoms with Crippen molar-refractivity contribution in [3.63, 3.8) is 0 Å². The molecule has 0 aromatic rings. The minimum absolute atomic E-state index is 0.148. The van der Waals surface area contributed by atoms with Gasteiger partial charge in [0, 0.05) is 15.8 Å². The van der Waals surface area contributed by atoms with Gasteiger partial charge >= 0.3 is 7.82 Å². The van der Waals surface area contributed by atoms with Crippen molar-refractivity contribution in [3.05, 3.63) is 10.2 Å². The van der Waals surface area contributed by atoms with Gasteiger partial charge in [-0.15, -0.1) is 0 Å². The molecule has 0 aromatic carbocycles. The van der Waals surface area contributed by atoms with Crippen molar-refractivity contribution in [1.29, 1.82) is 0 Å². The number of halogens is 1. The van der Waals surface area contributed by atoms with Crippen molar-refractivity contribution in [1.82, 2.24) is 0 Å². The lowest BCUT2D eigenvalue weighted by Crippen LogP contribution is -2.11. The zero-order chi connectivity index (χ0) is 18.3. The zero-order valence-corrected chi connectivity index (χ0v) is 18.4. The fourth-order valence-electron chi connectivity index (χ4n) is 3.52. The van der Waals surface area contributed by atoms with Crippen LogP contribution in [0.4, 0.5) is 0 Å². The zero-order valence-electron chi connectivity index (χ0n) is 16.0. The van der Waals surface area contributed by atoms with Crippen LogP contribution in [-0.2, 0) is 18.1 Å². The summed E-state index contributed by atoms with van der Waals surface area (Å²) < 4.78 is 31.3. The van der Waals surface area contributed by atoms with Gasteiger partial charge in [-0.05, 0) is 30.1 Å². The average Bonchev–Trinajstić information content (AvgIpc) is 3.20. The van der Waals surface area contributed by atoms with Gasteiger partial charge in [0.2, 0.25) is 0 Å². The van der Waals surface area contributed by atoms with Crippen molar-refractivity contribution in [2.24, 2.45) is 35.0 Å². The molecule has 0 N–H and O–H groups in total. The van der Waals surface area contributed by atoms with Gasteiger partial charge in [0.1, 0.15) is 5.76 Å². The van der Waals surface area contributed by atoms with Crippen molar-refractivity contribution in [3.8, 4) is 0 Å². The van der Waals surface area contributed by atoms with Gasteiger partial charge in [-0.25, -0.2) is 4.57 Å². The molecule has 0 amide bonds. The van der Waals surface area contributed by atoms with E-state index in [4.69, 9.17) is 13.6 Å². The van der Waals surface area contributed by atoms with Gasteiger partial charge in [0.15, 0.2) is 0 Å². The van der Waals surface area contributed by atoms with Crippen LogP contribution in [0.25, 0.3) is 0 Å². The Morgan fingerprint density at radius 2 is 1.62 bits per heavy atom. The molecule has 0 saturated heterocycles. The maximum absolute atomic E-state index is 13.1. The largest absolute Gasteiger partial charge is 0.529 e. The van der Waals surface area contributed by atoms with Gasteiger partial charge in [0.25, 0.3) is 0 Å². The van der Waals surface area contributed by atoms with Crippen LogP contribution in [0, 0.1) is 35.0 Å². The molecule has 0 radical (unpaired) electrons. The standard InChI is InChI=1S/C18H32BrO4P/c1-11(2)9-21-24(20,22-10-12(3)4)23-16-14(7)15-8-18(15,13(5)6)17(16)19/h11-15H,8-10H2,1-7H3/t14-,15-,18+/m1/s1. The van der Waals surface area contributed by atoms with Crippen molar-refractivity contribution >= 4 is 23.8 Å². The van der Waals surface area contributed by atoms with Crippen molar-refractivity contribution in [2.75, 3.05) is 13.2 Å². The minimum atomic E-state index is -3.60. The van der Waals surface area contributed by atoms with Crippen LogP contribution in [0.1, 0.15) is 54.9 Å². The van der Waals surface area contributed by atoms with Crippen molar-refractivity contribution < 1.29 is 18.1 Å². The lowest BCUT2D eigenvalue weighted by atomic mass is 9.91. The maximum Gasteiger partial charge on any atom is 0.529 e. The third-order valence-corrected chi connectivity index (χ3v) is 7.55. The monoisotopic (exact) mass is 422 g/mol. The first-order valence-corrected chi connectivity index (χ1v) is 11.3. The van der Waals surface area contributed by atoms with Crippen molar-refractivity contribution in [2.45, 2.75) is 54.9 Å². The maximum atomic E-state index is 13.1. The summed E-state index contributed by atoms with van der Waals surface area (Å²) in [6, 6.07) is 0. The van der Waals surface area contributed by atoms with E-state index in [0.29, 0.717) is 25.0 Å². The van der Waals surface area contributed by atoms with Gasteiger partial charge in [-0.1, -0.05) is 64.4 Å². The highest BCUT2D eigenvalue weighted by atomic mass is 79.9. The summed E-state index contributed by atoms with van der Waals surface area (Å²) in [6.45, 7) is 15.4. The third-order valence-electron chi connectivity index (χ3n) is 5.07. The molecule has 1 fully saturated rings. The van der Waals surface area contributed by atoms with Gasteiger partial charge in [0.05, 0.1) is 13.2 Å². The number of hydrogen-bond donors (Lipinski definition) is 0. The number of phosphoric acid groups is 1. The van der Waals surface area contributed by atoms with E-state index >= 15 is 0 Å². The van der Waals surface area contributed by atoms with Crippen LogP contribution >= 0.6 is 23.8 Å². The topological polar surface area (TPSA) is 44.8 Å². The quantitative estimate of drug-likeness (QED) is 0.404.